The van der Waals surface area contributed by atoms with Crippen LogP contribution in [0.5, 0.6) is 11.5 Å². The molecule has 0 aliphatic carbocycles. The molecule has 2 N–H and O–H groups in total. The van der Waals surface area contributed by atoms with Crippen LogP contribution in [-0.2, 0) is 11.3 Å². The zero-order chi connectivity index (χ0) is 19.5. The molecule has 1 aromatic rings. The summed E-state index contributed by atoms with van der Waals surface area (Å²) in [6, 6.07) is 3.96. The Morgan fingerprint density at radius 2 is 1.92 bits per heavy atom. The maximum atomic E-state index is 5.78. The molecule has 0 aliphatic heterocycles. The van der Waals surface area contributed by atoms with Crippen molar-refractivity contribution in [3.63, 3.8) is 0 Å². The number of guanidine groups is 1. The zero-order valence-electron chi connectivity index (χ0n) is 16.7. The molecule has 0 aliphatic rings. The summed E-state index contributed by atoms with van der Waals surface area (Å²) in [5.41, 5.74) is 1.06. The zero-order valence-corrected chi connectivity index (χ0v) is 18.3. The largest absolute Gasteiger partial charge is 0.493 e. The van der Waals surface area contributed by atoms with Gasteiger partial charge in [0.25, 0.3) is 0 Å². The average Bonchev–Trinajstić information content (AvgIpc) is 2.62. The predicted molar refractivity (Wildman–Crippen MR) is 110 cm³/mol. The van der Waals surface area contributed by atoms with Crippen LogP contribution in [0.15, 0.2) is 21.6 Å². The number of halogens is 1. The van der Waals surface area contributed by atoms with E-state index in [2.05, 4.69) is 45.4 Å². The number of benzene rings is 1. The molecule has 26 heavy (non-hydrogen) atoms. The van der Waals surface area contributed by atoms with E-state index < -0.39 is 0 Å². The first-order chi connectivity index (χ1) is 12.5. The summed E-state index contributed by atoms with van der Waals surface area (Å²) < 4.78 is 17.4. The van der Waals surface area contributed by atoms with Gasteiger partial charge in [0.05, 0.1) is 24.8 Å². The van der Waals surface area contributed by atoms with Crippen molar-refractivity contribution in [3.05, 3.63) is 22.2 Å². The Morgan fingerprint density at radius 3 is 2.46 bits per heavy atom. The second kappa shape index (κ2) is 12.0. The van der Waals surface area contributed by atoms with Crippen LogP contribution in [0, 0.1) is 5.92 Å². The van der Waals surface area contributed by atoms with Gasteiger partial charge in [0.1, 0.15) is 0 Å². The Bertz CT molecular complexity index is 579. The number of nitrogens with one attached hydrogen (secondary N) is 2. The highest BCUT2D eigenvalue weighted by Gasteiger charge is 2.13. The second-order valence-electron chi connectivity index (χ2n) is 6.19. The molecule has 0 amide bonds. The molecule has 1 rings (SSSR count). The maximum absolute atomic E-state index is 5.78. The summed E-state index contributed by atoms with van der Waals surface area (Å²) in [5, 5.41) is 6.66. The van der Waals surface area contributed by atoms with Gasteiger partial charge in [-0.1, -0.05) is 13.8 Å². The highest BCUT2D eigenvalue weighted by Crippen LogP contribution is 2.36. The molecule has 1 aromatic carbocycles. The van der Waals surface area contributed by atoms with Crippen LogP contribution in [0.3, 0.4) is 0 Å². The summed E-state index contributed by atoms with van der Waals surface area (Å²) in [7, 11) is 5.02. The molecule has 0 fully saturated rings. The quantitative estimate of drug-likeness (QED) is 0.439. The van der Waals surface area contributed by atoms with Crippen molar-refractivity contribution in [1.82, 2.24) is 10.6 Å². The van der Waals surface area contributed by atoms with Gasteiger partial charge in [0.15, 0.2) is 17.5 Å². The Morgan fingerprint density at radius 1 is 1.19 bits per heavy atom. The fourth-order valence-corrected chi connectivity index (χ4v) is 3.29. The highest BCUT2D eigenvalue weighted by atomic mass is 79.9. The summed E-state index contributed by atoms with van der Waals surface area (Å²) in [6.45, 7) is 8.56. The third-order valence-corrected chi connectivity index (χ3v) is 4.61. The molecular formula is C19H32BrN3O3. The molecule has 0 saturated heterocycles. The first kappa shape index (κ1) is 22.6. The minimum atomic E-state index is 0.257. The third-order valence-electron chi connectivity index (χ3n) is 4.02. The van der Waals surface area contributed by atoms with Gasteiger partial charge in [-0.2, -0.15) is 0 Å². The van der Waals surface area contributed by atoms with E-state index in [-0.39, 0.29) is 6.10 Å². The average molecular weight is 430 g/mol. The minimum Gasteiger partial charge on any atom is -0.493 e. The van der Waals surface area contributed by atoms with Gasteiger partial charge in [0.2, 0.25) is 0 Å². The minimum absolute atomic E-state index is 0.257. The number of ether oxygens (including phenoxy) is 3. The van der Waals surface area contributed by atoms with Crippen LogP contribution in [0.1, 0.15) is 32.8 Å². The fraction of sp³-hybridized carbons (Fsp3) is 0.632. The van der Waals surface area contributed by atoms with Crippen molar-refractivity contribution in [2.75, 3.05) is 34.4 Å². The lowest BCUT2D eigenvalue weighted by Crippen LogP contribution is -2.38. The van der Waals surface area contributed by atoms with E-state index in [1.54, 1.807) is 21.3 Å². The number of nitrogens with zero attached hydrogens (tertiary/aromatic N) is 1. The Hall–Kier alpha value is -1.47. The van der Waals surface area contributed by atoms with Crippen LogP contribution in [0.4, 0.5) is 0 Å². The summed E-state index contributed by atoms with van der Waals surface area (Å²) in [6.07, 6.45) is 1.20. The molecule has 0 radical (unpaired) electrons. The first-order valence-electron chi connectivity index (χ1n) is 8.93. The topological polar surface area (TPSA) is 64.1 Å². The van der Waals surface area contributed by atoms with E-state index in [9.17, 15) is 0 Å². The van der Waals surface area contributed by atoms with Crippen LogP contribution in [0.2, 0.25) is 0 Å². The van der Waals surface area contributed by atoms with Crippen LogP contribution >= 0.6 is 15.9 Å². The molecule has 7 heteroatoms. The number of rotatable bonds is 10. The smallest absolute Gasteiger partial charge is 0.191 e. The van der Waals surface area contributed by atoms with E-state index in [4.69, 9.17) is 14.2 Å². The van der Waals surface area contributed by atoms with E-state index in [1.807, 2.05) is 19.1 Å². The van der Waals surface area contributed by atoms with Gasteiger partial charge < -0.3 is 24.8 Å². The molecule has 148 valence electrons. The van der Waals surface area contributed by atoms with Crippen molar-refractivity contribution in [3.8, 4) is 11.5 Å². The third kappa shape index (κ3) is 7.03. The summed E-state index contributed by atoms with van der Waals surface area (Å²) >= 11 is 3.52. The van der Waals surface area contributed by atoms with Gasteiger partial charge >= 0.3 is 0 Å². The number of hydrogen-bond donors (Lipinski definition) is 2. The van der Waals surface area contributed by atoms with Gasteiger partial charge in [-0.05, 0) is 52.9 Å². The van der Waals surface area contributed by atoms with Crippen molar-refractivity contribution in [2.45, 2.75) is 39.8 Å². The van der Waals surface area contributed by atoms with E-state index in [1.165, 1.54) is 0 Å². The molecule has 0 heterocycles. The van der Waals surface area contributed by atoms with Gasteiger partial charge in [0, 0.05) is 26.7 Å². The second-order valence-corrected chi connectivity index (χ2v) is 7.05. The number of aliphatic imine (C=N–C) groups is 1. The van der Waals surface area contributed by atoms with Crippen molar-refractivity contribution in [2.24, 2.45) is 10.9 Å². The van der Waals surface area contributed by atoms with E-state index in [0.29, 0.717) is 24.0 Å². The van der Waals surface area contributed by atoms with Crippen LogP contribution in [0.25, 0.3) is 0 Å². The molecule has 0 bridgehead atoms. The molecule has 6 nitrogen and oxygen atoms in total. The van der Waals surface area contributed by atoms with Crippen molar-refractivity contribution in [1.29, 1.82) is 0 Å². The first-order valence-corrected chi connectivity index (χ1v) is 9.72. The van der Waals surface area contributed by atoms with E-state index >= 15 is 0 Å². The van der Waals surface area contributed by atoms with Crippen molar-refractivity contribution < 1.29 is 14.2 Å². The number of hydrogen-bond acceptors (Lipinski definition) is 4. The summed E-state index contributed by atoms with van der Waals surface area (Å²) in [4.78, 5) is 4.28. The molecule has 0 saturated carbocycles. The van der Waals surface area contributed by atoms with E-state index in [0.717, 1.165) is 35.6 Å². The Kier molecular flexibility index (Phi) is 10.4. The summed E-state index contributed by atoms with van der Waals surface area (Å²) in [5.74, 6) is 2.64. The lowest BCUT2D eigenvalue weighted by Gasteiger charge is -2.21. The molecule has 0 spiro atoms. The molecule has 1 atom stereocenters. The SMILES string of the molecule is CCOC(CCNC(=NC)NCc1cc(Br)c(OC)c(OC)c1)C(C)C. The monoisotopic (exact) mass is 429 g/mol. The van der Waals surface area contributed by atoms with Gasteiger partial charge in [-0.15, -0.1) is 0 Å². The lowest BCUT2D eigenvalue weighted by molar-refractivity contribution is 0.0258. The lowest BCUT2D eigenvalue weighted by atomic mass is 10.0. The fourth-order valence-electron chi connectivity index (χ4n) is 2.64. The Balaban J connectivity index is 2.58. The van der Waals surface area contributed by atoms with Crippen LogP contribution < -0.4 is 20.1 Å². The normalized spacial score (nSPS) is 12.8. The van der Waals surface area contributed by atoms with Crippen molar-refractivity contribution >= 4 is 21.9 Å². The molecule has 1 unspecified atom stereocenters. The molecular weight excluding hydrogens is 398 g/mol. The van der Waals surface area contributed by atoms with Gasteiger partial charge in [-0.3, -0.25) is 4.99 Å². The molecule has 0 aromatic heterocycles. The van der Waals surface area contributed by atoms with Gasteiger partial charge in [-0.25, -0.2) is 0 Å². The standard InChI is InChI=1S/C19H32BrN3O3/c1-7-26-16(13(2)3)8-9-22-19(21-4)23-12-14-10-15(20)18(25-6)17(11-14)24-5/h10-11,13,16H,7-9,12H2,1-6H3,(H2,21,22,23). The van der Waals surface area contributed by atoms with Crippen LogP contribution in [-0.4, -0.2) is 46.5 Å². The highest BCUT2D eigenvalue weighted by molar-refractivity contribution is 9.10. The number of methoxy groups -OCH3 is 2. The Labute approximate surface area is 165 Å². The maximum Gasteiger partial charge on any atom is 0.191 e. The predicted octanol–water partition coefficient (Wildman–Crippen LogP) is 3.58.